The van der Waals surface area contributed by atoms with Gasteiger partial charge in [0.25, 0.3) is 0 Å². The minimum atomic E-state index is -0.682. The second-order valence-corrected chi connectivity index (χ2v) is 4.55. The minimum Gasteiger partial charge on any atom is -0.381 e. The van der Waals surface area contributed by atoms with Crippen LogP contribution in [0.2, 0.25) is 0 Å². The number of ether oxygens (including phenoxy) is 1. The van der Waals surface area contributed by atoms with Gasteiger partial charge in [0.15, 0.2) is 0 Å². The molecule has 1 unspecified atom stereocenters. The molecule has 1 rings (SSSR count). The molecule has 6 nitrogen and oxygen atoms in total. The molecule has 0 aromatic heterocycles. The molecule has 3 N–H and O–H groups in total. The van der Waals surface area contributed by atoms with Crippen LogP contribution < -0.4 is 11.1 Å². The van der Waals surface area contributed by atoms with Gasteiger partial charge in [0.1, 0.15) is 6.04 Å². The summed E-state index contributed by atoms with van der Waals surface area (Å²) >= 11 is 0. The fourth-order valence-corrected chi connectivity index (χ4v) is 2.34. The molecule has 1 aliphatic carbocycles. The van der Waals surface area contributed by atoms with Gasteiger partial charge in [-0.05, 0) is 12.8 Å². The molecule has 0 heterocycles. The highest BCUT2D eigenvalue weighted by atomic mass is 16.5. The van der Waals surface area contributed by atoms with E-state index in [0.29, 0.717) is 12.8 Å². The number of primary amides is 1. The number of nitrogens with one attached hydrogen (secondary N) is 1. The average molecular weight is 253 g/mol. The standard InChI is InChI=1S/C12H19N3O3/c1-18-7-8(6-13)15-12(17)10-5-3-2-4-9(10)11(14)16/h8-10H,2-5,7H2,1H3,(H2,14,16)(H,15,17)/t8?,9-,10+/m0/s1. The Kier molecular flexibility index (Phi) is 5.59. The average Bonchev–Trinajstić information content (AvgIpc) is 2.38. The molecule has 0 radical (unpaired) electrons. The molecule has 3 atom stereocenters. The molecule has 0 aliphatic heterocycles. The van der Waals surface area contributed by atoms with Crippen molar-refractivity contribution >= 4 is 11.8 Å². The van der Waals surface area contributed by atoms with Gasteiger partial charge in [-0.2, -0.15) is 5.26 Å². The van der Waals surface area contributed by atoms with Gasteiger partial charge >= 0.3 is 0 Å². The van der Waals surface area contributed by atoms with Crippen LogP contribution in [0.3, 0.4) is 0 Å². The van der Waals surface area contributed by atoms with Gasteiger partial charge in [0.2, 0.25) is 11.8 Å². The van der Waals surface area contributed by atoms with E-state index in [1.807, 2.05) is 6.07 Å². The van der Waals surface area contributed by atoms with E-state index in [-0.39, 0.29) is 12.5 Å². The van der Waals surface area contributed by atoms with E-state index in [1.54, 1.807) is 0 Å². The fraction of sp³-hybridized carbons (Fsp3) is 0.750. The molecule has 0 bridgehead atoms. The summed E-state index contributed by atoms with van der Waals surface area (Å²) < 4.78 is 4.83. The van der Waals surface area contributed by atoms with Crippen molar-refractivity contribution in [3.05, 3.63) is 0 Å². The monoisotopic (exact) mass is 253 g/mol. The first-order valence-electron chi connectivity index (χ1n) is 6.08. The summed E-state index contributed by atoms with van der Waals surface area (Å²) in [4.78, 5) is 23.3. The van der Waals surface area contributed by atoms with Crippen LogP contribution in [0.1, 0.15) is 25.7 Å². The van der Waals surface area contributed by atoms with Gasteiger partial charge in [-0.1, -0.05) is 12.8 Å². The van der Waals surface area contributed by atoms with E-state index in [9.17, 15) is 9.59 Å². The molecule has 18 heavy (non-hydrogen) atoms. The van der Waals surface area contributed by atoms with Gasteiger partial charge in [0, 0.05) is 18.9 Å². The van der Waals surface area contributed by atoms with Crippen LogP contribution in [0, 0.1) is 23.2 Å². The number of nitriles is 1. The first-order valence-corrected chi connectivity index (χ1v) is 6.08. The molecule has 0 aromatic carbocycles. The number of nitrogens with zero attached hydrogens (tertiary/aromatic N) is 1. The van der Waals surface area contributed by atoms with Crippen LogP contribution in [0.25, 0.3) is 0 Å². The summed E-state index contributed by atoms with van der Waals surface area (Å²) in [5.41, 5.74) is 5.31. The lowest BCUT2D eigenvalue weighted by Crippen LogP contribution is -2.46. The Morgan fingerprint density at radius 2 is 2.06 bits per heavy atom. The van der Waals surface area contributed by atoms with E-state index in [2.05, 4.69) is 5.32 Å². The molecule has 0 aromatic rings. The summed E-state index contributed by atoms with van der Waals surface area (Å²) in [5.74, 6) is -1.54. The predicted octanol–water partition coefficient (Wildman–Crippen LogP) is -0.0671. The molecule has 1 fully saturated rings. The Morgan fingerprint density at radius 3 is 2.56 bits per heavy atom. The molecular weight excluding hydrogens is 234 g/mol. The van der Waals surface area contributed by atoms with Crippen LogP contribution in [0.5, 0.6) is 0 Å². The van der Waals surface area contributed by atoms with E-state index < -0.39 is 23.8 Å². The highest BCUT2D eigenvalue weighted by Gasteiger charge is 2.35. The largest absolute Gasteiger partial charge is 0.381 e. The van der Waals surface area contributed by atoms with Crippen molar-refractivity contribution in [1.82, 2.24) is 5.32 Å². The van der Waals surface area contributed by atoms with Crippen molar-refractivity contribution in [3.63, 3.8) is 0 Å². The summed E-state index contributed by atoms with van der Waals surface area (Å²) in [6.07, 6.45) is 3.11. The Morgan fingerprint density at radius 1 is 1.44 bits per heavy atom. The molecule has 1 aliphatic rings. The molecule has 6 heteroatoms. The normalized spacial score (nSPS) is 24.9. The molecular formula is C12H19N3O3. The van der Waals surface area contributed by atoms with Gasteiger partial charge in [-0.3, -0.25) is 9.59 Å². The number of carbonyl (C=O) groups is 2. The van der Waals surface area contributed by atoms with Crippen molar-refractivity contribution < 1.29 is 14.3 Å². The number of methoxy groups -OCH3 is 1. The van der Waals surface area contributed by atoms with Crippen molar-refractivity contribution in [2.75, 3.05) is 13.7 Å². The fourth-order valence-electron chi connectivity index (χ4n) is 2.34. The Hall–Kier alpha value is -1.61. The lowest BCUT2D eigenvalue weighted by molar-refractivity contribution is -0.135. The summed E-state index contributed by atoms with van der Waals surface area (Å²) in [6.45, 7) is 0.135. The Bertz CT molecular complexity index is 351. The SMILES string of the molecule is COCC(C#N)NC(=O)[C@@H]1CCCC[C@@H]1C(N)=O. The zero-order valence-corrected chi connectivity index (χ0v) is 10.5. The van der Waals surface area contributed by atoms with Gasteiger partial charge < -0.3 is 15.8 Å². The molecule has 2 amide bonds. The maximum atomic E-state index is 12.0. The van der Waals surface area contributed by atoms with E-state index in [1.165, 1.54) is 7.11 Å². The van der Waals surface area contributed by atoms with Crippen molar-refractivity contribution in [1.29, 1.82) is 5.26 Å². The van der Waals surface area contributed by atoms with E-state index >= 15 is 0 Å². The summed E-state index contributed by atoms with van der Waals surface area (Å²) in [6, 6.07) is 1.26. The lowest BCUT2D eigenvalue weighted by Gasteiger charge is -2.28. The minimum absolute atomic E-state index is 0.135. The first kappa shape index (κ1) is 14.5. The number of carbonyl (C=O) groups excluding carboxylic acids is 2. The third kappa shape index (κ3) is 3.70. The first-order chi connectivity index (χ1) is 8.60. The van der Waals surface area contributed by atoms with Crippen LogP contribution in [0.4, 0.5) is 0 Å². The van der Waals surface area contributed by atoms with E-state index in [4.69, 9.17) is 15.7 Å². The third-order valence-electron chi connectivity index (χ3n) is 3.27. The topological polar surface area (TPSA) is 105 Å². The van der Waals surface area contributed by atoms with E-state index in [0.717, 1.165) is 12.8 Å². The summed E-state index contributed by atoms with van der Waals surface area (Å²) in [5, 5.41) is 11.4. The lowest BCUT2D eigenvalue weighted by atomic mass is 9.78. The highest BCUT2D eigenvalue weighted by Crippen LogP contribution is 2.30. The molecule has 100 valence electrons. The maximum absolute atomic E-state index is 12.0. The second-order valence-electron chi connectivity index (χ2n) is 4.55. The number of amides is 2. The van der Waals surface area contributed by atoms with Crippen LogP contribution in [-0.2, 0) is 14.3 Å². The van der Waals surface area contributed by atoms with Crippen LogP contribution in [0.15, 0.2) is 0 Å². The zero-order valence-electron chi connectivity index (χ0n) is 10.5. The quantitative estimate of drug-likeness (QED) is 0.715. The number of hydrogen-bond acceptors (Lipinski definition) is 4. The van der Waals surface area contributed by atoms with Crippen molar-refractivity contribution in [2.45, 2.75) is 31.7 Å². The molecule has 0 spiro atoms. The molecule has 1 saturated carbocycles. The van der Waals surface area contributed by atoms with Crippen molar-refractivity contribution in [3.8, 4) is 6.07 Å². The zero-order chi connectivity index (χ0) is 13.5. The smallest absolute Gasteiger partial charge is 0.225 e. The predicted molar refractivity (Wildman–Crippen MR) is 64.1 cm³/mol. The van der Waals surface area contributed by atoms with Gasteiger partial charge in [0.05, 0.1) is 12.7 Å². The van der Waals surface area contributed by atoms with Crippen LogP contribution in [-0.4, -0.2) is 31.6 Å². The third-order valence-corrected chi connectivity index (χ3v) is 3.27. The Labute approximate surface area is 106 Å². The van der Waals surface area contributed by atoms with Crippen molar-refractivity contribution in [2.24, 2.45) is 17.6 Å². The van der Waals surface area contributed by atoms with Gasteiger partial charge in [-0.25, -0.2) is 0 Å². The number of nitrogens with two attached hydrogens (primary N) is 1. The molecule has 0 saturated heterocycles. The summed E-state index contributed by atoms with van der Waals surface area (Å²) in [7, 11) is 1.46. The second kappa shape index (κ2) is 6.97. The van der Waals surface area contributed by atoms with Gasteiger partial charge in [-0.15, -0.1) is 0 Å². The number of hydrogen-bond donors (Lipinski definition) is 2. The van der Waals surface area contributed by atoms with Crippen LogP contribution >= 0.6 is 0 Å². The Balaban J connectivity index is 2.63. The maximum Gasteiger partial charge on any atom is 0.225 e. The number of rotatable bonds is 5. The highest BCUT2D eigenvalue weighted by molar-refractivity contribution is 5.87.